The Bertz CT molecular complexity index is 312. The van der Waals surface area contributed by atoms with Crippen molar-refractivity contribution < 1.29 is 9.84 Å². The molecule has 1 unspecified atom stereocenters. The molecule has 1 atom stereocenters. The van der Waals surface area contributed by atoms with Gasteiger partial charge >= 0.3 is 0 Å². The van der Waals surface area contributed by atoms with Gasteiger partial charge in [0.15, 0.2) is 0 Å². The Balaban J connectivity index is 2.53. The number of hydrogen-bond donors (Lipinski definition) is 1. The third-order valence-corrected chi connectivity index (χ3v) is 3.44. The molecule has 84 valence electrons. The molecule has 0 bridgehead atoms. The number of aryl methyl sites for hydroxylation is 2. The number of thioether (sulfide) groups is 1. The summed E-state index contributed by atoms with van der Waals surface area (Å²) in [6.45, 7) is 4.57. The Labute approximate surface area is 95.7 Å². The summed E-state index contributed by atoms with van der Waals surface area (Å²) in [5.41, 5.74) is 2.51. The predicted octanol–water partition coefficient (Wildman–Crippen LogP) is 2.40. The highest BCUT2D eigenvalue weighted by Crippen LogP contribution is 2.24. The number of aliphatic hydroxyl groups is 1. The van der Waals surface area contributed by atoms with Crippen LogP contribution in [0.1, 0.15) is 11.1 Å². The smallest absolute Gasteiger partial charge is 0.0867 e. The summed E-state index contributed by atoms with van der Waals surface area (Å²) in [5, 5.41) is 9.52. The first-order valence-electron chi connectivity index (χ1n) is 5.00. The van der Waals surface area contributed by atoms with Crippen LogP contribution >= 0.6 is 11.8 Å². The molecule has 15 heavy (non-hydrogen) atoms. The highest BCUT2D eigenvalue weighted by Gasteiger charge is 2.06. The minimum absolute atomic E-state index is 0.389. The summed E-state index contributed by atoms with van der Waals surface area (Å²) in [6, 6.07) is 6.37. The number of hydrogen-bond acceptors (Lipinski definition) is 3. The second-order valence-corrected chi connectivity index (χ2v) is 4.75. The van der Waals surface area contributed by atoms with Crippen LogP contribution in [0.4, 0.5) is 0 Å². The molecular formula is C12H18O2S. The van der Waals surface area contributed by atoms with E-state index < -0.39 is 0 Å². The van der Waals surface area contributed by atoms with Gasteiger partial charge < -0.3 is 9.84 Å². The first-order valence-corrected chi connectivity index (χ1v) is 5.99. The third-order valence-electron chi connectivity index (χ3n) is 2.13. The lowest BCUT2D eigenvalue weighted by atomic mass is 10.2. The monoisotopic (exact) mass is 226 g/mol. The van der Waals surface area contributed by atoms with E-state index in [1.54, 1.807) is 18.9 Å². The van der Waals surface area contributed by atoms with Crippen molar-refractivity contribution in [1.29, 1.82) is 0 Å². The van der Waals surface area contributed by atoms with Gasteiger partial charge in [-0.2, -0.15) is 0 Å². The maximum Gasteiger partial charge on any atom is 0.0867 e. The molecule has 1 rings (SSSR count). The van der Waals surface area contributed by atoms with Gasteiger partial charge in [-0.25, -0.2) is 0 Å². The lowest BCUT2D eigenvalue weighted by Gasteiger charge is -2.10. The Hall–Kier alpha value is -0.510. The van der Waals surface area contributed by atoms with Crippen molar-refractivity contribution in [2.24, 2.45) is 0 Å². The topological polar surface area (TPSA) is 29.5 Å². The fourth-order valence-electron chi connectivity index (χ4n) is 1.29. The van der Waals surface area contributed by atoms with E-state index in [9.17, 15) is 5.11 Å². The van der Waals surface area contributed by atoms with Gasteiger partial charge in [0.05, 0.1) is 12.7 Å². The number of ether oxygens (including phenoxy) is 1. The van der Waals surface area contributed by atoms with Crippen LogP contribution in [0.2, 0.25) is 0 Å². The van der Waals surface area contributed by atoms with E-state index in [0.717, 1.165) is 0 Å². The molecule has 0 heterocycles. The standard InChI is InChI=1S/C12H18O2S/c1-9-4-5-10(2)12(6-9)15-8-11(13)7-14-3/h4-6,11,13H,7-8H2,1-3H3. The number of aliphatic hydroxyl groups excluding tert-OH is 1. The van der Waals surface area contributed by atoms with Gasteiger partial charge in [-0.1, -0.05) is 17.7 Å². The molecule has 1 N–H and O–H groups in total. The SMILES string of the molecule is COCC(O)CSc1cc(C)ccc1C. The van der Waals surface area contributed by atoms with Crippen LogP contribution in [0, 0.1) is 13.8 Å². The van der Waals surface area contributed by atoms with Crippen LogP contribution in [0.5, 0.6) is 0 Å². The highest BCUT2D eigenvalue weighted by atomic mass is 32.2. The minimum Gasteiger partial charge on any atom is -0.390 e. The van der Waals surface area contributed by atoms with Crippen LogP contribution < -0.4 is 0 Å². The molecule has 2 nitrogen and oxygen atoms in total. The molecule has 0 radical (unpaired) electrons. The molecular weight excluding hydrogens is 208 g/mol. The molecule has 0 amide bonds. The fraction of sp³-hybridized carbons (Fsp3) is 0.500. The van der Waals surface area contributed by atoms with Crippen molar-refractivity contribution in [3.05, 3.63) is 29.3 Å². The molecule has 0 aliphatic heterocycles. The summed E-state index contributed by atoms with van der Waals surface area (Å²) >= 11 is 1.68. The first kappa shape index (κ1) is 12.6. The fourth-order valence-corrected chi connectivity index (χ4v) is 2.32. The number of methoxy groups -OCH3 is 1. The summed E-state index contributed by atoms with van der Waals surface area (Å²) < 4.78 is 4.88. The van der Waals surface area contributed by atoms with Gasteiger partial charge in [0.25, 0.3) is 0 Å². The van der Waals surface area contributed by atoms with E-state index in [-0.39, 0.29) is 6.10 Å². The van der Waals surface area contributed by atoms with Crippen molar-refractivity contribution in [1.82, 2.24) is 0 Å². The second kappa shape index (κ2) is 6.16. The maximum absolute atomic E-state index is 9.52. The highest BCUT2D eigenvalue weighted by molar-refractivity contribution is 7.99. The maximum atomic E-state index is 9.52. The molecule has 0 aliphatic carbocycles. The van der Waals surface area contributed by atoms with Crippen LogP contribution in [-0.4, -0.2) is 30.7 Å². The average molecular weight is 226 g/mol. The largest absolute Gasteiger partial charge is 0.390 e. The quantitative estimate of drug-likeness (QED) is 0.782. The van der Waals surface area contributed by atoms with Gasteiger partial charge in [-0.15, -0.1) is 11.8 Å². The summed E-state index contributed by atoms with van der Waals surface area (Å²) in [6.07, 6.45) is -0.389. The second-order valence-electron chi connectivity index (χ2n) is 3.69. The van der Waals surface area contributed by atoms with E-state index in [2.05, 4.69) is 32.0 Å². The van der Waals surface area contributed by atoms with Crippen molar-refractivity contribution in [2.45, 2.75) is 24.8 Å². The molecule has 1 aromatic rings. The van der Waals surface area contributed by atoms with E-state index >= 15 is 0 Å². The summed E-state index contributed by atoms with van der Waals surface area (Å²) in [4.78, 5) is 1.24. The van der Waals surface area contributed by atoms with Crippen molar-refractivity contribution in [3.63, 3.8) is 0 Å². The van der Waals surface area contributed by atoms with Crippen LogP contribution in [0.15, 0.2) is 23.1 Å². The zero-order valence-corrected chi connectivity index (χ0v) is 10.3. The lowest BCUT2D eigenvalue weighted by molar-refractivity contribution is 0.0794. The molecule has 3 heteroatoms. The zero-order chi connectivity index (χ0) is 11.3. The van der Waals surface area contributed by atoms with Gasteiger partial charge in [0, 0.05) is 17.8 Å². The Morgan fingerprint density at radius 1 is 1.40 bits per heavy atom. The molecule has 0 fully saturated rings. The summed E-state index contributed by atoms with van der Waals surface area (Å²) in [5.74, 6) is 0.679. The normalized spacial score (nSPS) is 12.8. The van der Waals surface area contributed by atoms with Crippen LogP contribution in [-0.2, 0) is 4.74 Å². The van der Waals surface area contributed by atoms with Crippen molar-refractivity contribution in [2.75, 3.05) is 19.5 Å². The molecule has 1 aromatic carbocycles. The zero-order valence-electron chi connectivity index (χ0n) is 9.49. The van der Waals surface area contributed by atoms with E-state index in [1.807, 2.05) is 0 Å². The lowest BCUT2D eigenvalue weighted by Crippen LogP contribution is -2.16. The Morgan fingerprint density at radius 2 is 2.13 bits per heavy atom. The van der Waals surface area contributed by atoms with Crippen LogP contribution in [0.3, 0.4) is 0 Å². The van der Waals surface area contributed by atoms with Gasteiger partial charge in [-0.05, 0) is 25.5 Å². The third kappa shape index (κ3) is 4.24. The Morgan fingerprint density at radius 3 is 2.80 bits per heavy atom. The molecule has 0 aliphatic rings. The Kier molecular flexibility index (Phi) is 5.15. The van der Waals surface area contributed by atoms with Gasteiger partial charge in [0.2, 0.25) is 0 Å². The van der Waals surface area contributed by atoms with E-state index in [0.29, 0.717) is 12.4 Å². The van der Waals surface area contributed by atoms with Crippen molar-refractivity contribution in [3.8, 4) is 0 Å². The number of rotatable bonds is 5. The van der Waals surface area contributed by atoms with Gasteiger partial charge in [0.1, 0.15) is 0 Å². The molecule has 0 aromatic heterocycles. The van der Waals surface area contributed by atoms with Crippen molar-refractivity contribution >= 4 is 11.8 Å². The number of benzene rings is 1. The molecule has 0 saturated heterocycles. The van der Waals surface area contributed by atoms with E-state index in [1.165, 1.54) is 16.0 Å². The van der Waals surface area contributed by atoms with E-state index in [4.69, 9.17) is 4.74 Å². The van der Waals surface area contributed by atoms with Crippen LogP contribution in [0.25, 0.3) is 0 Å². The minimum atomic E-state index is -0.389. The van der Waals surface area contributed by atoms with Gasteiger partial charge in [-0.3, -0.25) is 0 Å². The summed E-state index contributed by atoms with van der Waals surface area (Å²) in [7, 11) is 1.60. The predicted molar refractivity (Wildman–Crippen MR) is 64.5 cm³/mol. The molecule has 0 spiro atoms. The average Bonchev–Trinajstić information content (AvgIpc) is 2.20. The first-order chi connectivity index (χ1) is 7.13. The molecule has 0 saturated carbocycles.